The molecular weight excluding hydrogens is 332 g/mol. The van der Waals surface area contributed by atoms with E-state index in [9.17, 15) is 8.42 Å². The highest BCUT2D eigenvalue weighted by atomic mass is 32.2. The lowest BCUT2D eigenvalue weighted by Crippen LogP contribution is -2.53. The van der Waals surface area contributed by atoms with Crippen LogP contribution in [0.2, 0.25) is 0 Å². The monoisotopic (exact) mass is 356 g/mol. The fourth-order valence-electron chi connectivity index (χ4n) is 3.19. The molecule has 1 aromatic heterocycles. The number of hydrogen-bond donors (Lipinski definition) is 1. The molecule has 128 valence electrons. The van der Waals surface area contributed by atoms with Crippen LogP contribution in [-0.4, -0.2) is 70.6 Å². The molecule has 1 aromatic rings. The summed E-state index contributed by atoms with van der Waals surface area (Å²) in [6.07, 6.45) is 0.762. The Bertz CT molecular complexity index is 634. The molecule has 8 heteroatoms. The first-order valence-electron chi connectivity index (χ1n) is 8.02. The maximum absolute atomic E-state index is 11.5. The van der Waals surface area contributed by atoms with Gasteiger partial charge in [0, 0.05) is 39.8 Å². The topological polar surface area (TPSA) is 65.0 Å². The van der Waals surface area contributed by atoms with Crippen LogP contribution in [0, 0.1) is 5.92 Å². The Hall–Kier alpha value is -1.28. The molecule has 2 fully saturated rings. The van der Waals surface area contributed by atoms with Crippen molar-refractivity contribution in [3.05, 3.63) is 17.5 Å². The van der Waals surface area contributed by atoms with E-state index in [1.54, 1.807) is 18.4 Å². The Morgan fingerprint density at radius 1 is 1.39 bits per heavy atom. The molecule has 0 radical (unpaired) electrons. The fourth-order valence-corrected chi connectivity index (χ4v) is 5.84. The zero-order chi connectivity index (χ0) is 16.3. The summed E-state index contributed by atoms with van der Waals surface area (Å²) in [5.74, 6) is 1.74. The van der Waals surface area contributed by atoms with Crippen molar-refractivity contribution in [2.24, 2.45) is 10.9 Å². The van der Waals surface area contributed by atoms with Crippen LogP contribution in [0.4, 0.5) is 5.00 Å². The lowest BCUT2D eigenvalue weighted by atomic mass is 10.1. The molecule has 23 heavy (non-hydrogen) atoms. The van der Waals surface area contributed by atoms with Gasteiger partial charge in [-0.2, -0.15) is 0 Å². The van der Waals surface area contributed by atoms with Crippen LogP contribution in [0.15, 0.2) is 22.5 Å². The number of nitrogens with zero attached hydrogens (tertiary/aromatic N) is 3. The number of guanidine groups is 1. The number of hydrogen-bond acceptors (Lipinski definition) is 5. The van der Waals surface area contributed by atoms with Gasteiger partial charge >= 0.3 is 0 Å². The van der Waals surface area contributed by atoms with Crippen molar-refractivity contribution in [1.29, 1.82) is 0 Å². The van der Waals surface area contributed by atoms with E-state index in [0.29, 0.717) is 18.1 Å². The standard InChI is InChI=1S/C15H24N4O2S2/c1-16-15(17-11-13-4-10-23(20,21)12-13)19-7-5-18(6-8-19)14-3-2-9-22-14/h2-3,9,13H,4-8,10-12H2,1H3,(H,16,17). The molecule has 0 saturated carbocycles. The average Bonchev–Trinajstić information content (AvgIpc) is 3.18. The molecule has 0 bridgehead atoms. The van der Waals surface area contributed by atoms with Crippen molar-refractivity contribution in [2.75, 3.05) is 56.2 Å². The summed E-state index contributed by atoms with van der Waals surface area (Å²) < 4.78 is 23.1. The van der Waals surface area contributed by atoms with Gasteiger partial charge in [-0.25, -0.2) is 8.42 Å². The molecule has 0 aromatic carbocycles. The summed E-state index contributed by atoms with van der Waals surface area (Å²) >= 11 is 1.78. The van der Waals surface area contributed by atoms with Gasteiger partial charge in [-0.15, -0.1) is 11.3 Å². The van der Waals surface area contributed by atoms with Crippen LogP contribution in [0.1, 0.15) is 6.42 Å². The van der Waals surface area contributed by atoms with Crippen LogP contribution >= 0.6 is 11.3 Å². The number of sulfone groups is 1. The minimum absolute atomic E-state index is 0.212. The van der Waals surface area contributed by atoms with Gasteiger partial charge in [0.15, 0.2) is 15.8 Å². The third kappa shape index (κ3) is 4.17. The van der Waals surface area contributed by atoms with Crippen LogP contribution < -0.4 is 10.2 Å². The first-order valence-corrected chi connectivity index (χ1v) is 10.7. The van der Waals surface area contributed by atoms with E-state index in [0.717, 1.165) is 38.6 Å². The van der Waals surface area contributed by atoms with Crippen molar-refractivity contribution >= 4 is 32.1 Å². The predicted octanol–water partition coefficient (Wildman–Crippen LogP) is 0.880. The molecule has 3 heterocycles. The van der Waals surface area contributed by atoms with Crippen LogP contribution in [0.5, 0.6) is 0 Å². The quantitative estimate of drug-likeness (QED) is 0.643. The van der Waals surface area contributed by atoms with Crippen molar-refractivity contribution in [2.45, 2.75) is 6.42 Å². The van der Waals surface area contributed by atoms with Gasteiger partial charge in [0.05, 0.1) is 16.5 Å². The predicted molar refractivity (Wildman–Crippen MR) is 96.2 cm³/mol. The summed E-state index contributed by atoms with van der Waals surface area (Å²) in [4.78, 5) is 9.02. The number of piperazine rings is 1. The molecule has 2 aliphatic rings. The van der Waals surface area contributed by atoms with Crippen molar-refractivity contribution in [1.82, 2.24) is 10.2 Å². The minimum atomic E-state index is -2.81. The maximum Gasteiger partial charge on any atom is 0.193 e. The van der Waals surface area contributed by atoms with Gasteiger partial charge in [0.25, 0.3) is 0 Å². The first kappa shape index (κ1) is 16.6. The number of anilines is 1. The lowest BCUT2D eigenvalue weighted by molar-refractivity contribution is 0.370. The Morgan fingerprint density at radius 3 is 2.74 bits per heavy atom. The first-order chi connectivity index (χ1) is 11.1. The Balaban J connectivity index is 1.48. The molecule has 1 atom stereocenters. The highest BCUT2D eigenvalue weighted by molar-refractivity contribution is 7.91. The van der Waals surface area contributed by atoms with Gasteiger partial charge in [0.2, 0.25) is 0 Å². The third-order valence-electron chi connectivity index (χ3n) is 4.48. The SMILES string of the molecule is CN=C(NCC1CCS(=O)(=O)C1)N1CCN(c2cccs2)CC1. The summed E-state index contributed by atoms with van der Waals surface area (Å²) in [6.45, 7) is 4.52. The minimum Gasteiger partial charge on any atom is -0.360 e. The summed E-state index contributed by atoms with van der Waals surface area (Å²) in [6, 6.07) is 4.25. The molecule has 0 aliphatic carbocycles. The van der Waals surface area contributed by atoms with Crippen molar-refractivity contribution in [3.63, 3.8) is 0 Å². The van der Waals surface area contributed by atoms with Gasteiger partial charge < -0.3 is 15.1 Å². The molecular formula is C15H24N4O2S2. The number of aliphatic imine (C=N–C) groups is 1. The normalized spacial score (nSPS) is 24.9. The molecule has 1 unspecified atom stereocenters. The van der Waals surface area contributed by atoms with Crippen LogP contribution in [0.3, 0.4) is 0 Å². The van der Waals surface area contributed by atoms with Crippen molar-refractivity contribution in [3.8, 4) is 0 Å². The van der Waals surface area contributed by atoms with Crippen LogP contribution in [0.25, 0.3) is 0 Å². The zero-order valence-electron chi connectivity index (χ0n) is 13.4. The fraction of sp³-hybridized carbons (Fsp3) is 0.667. The van der Waals surface area contributed by atoms with Gasteiger partial charge in [-0.05, 0) is 29.9 Å². The van der Waals surface area contributed by atoms with E-state index in [2.05, 4.69) is 37.6 Å². The second-order valence-corrected chi connectivity index (χ2v) is 9.28. The lowest BCUT2D eigenvalue weighted by Gasteiger charge is -2.37. The maximum atomic E-state index is 11.5. The molecule has 6 nitrogen and oxygen atoms in total. The highest BCUT2D eigenvalue weighted by Gasteiger charge is 2.28. The summed E-state index contributed by atoms with van der Waals surface area (Å²) in [7, 11) is -1.02. The highest BCUT2D eigenvalue weighted by Crippen LogP contribution is 2.22. The number of nitrogens with one attached hydrogen (secondary N) is 1. The average molecular weight is 357 g/mol. The van der Waals surface area contributed by atoms with E-state index < -0.39 is 9.84 Å². The van der Waals surface area contributed by atoms with Gasteiger partial charge in [0.1, 0.15) is 0 Å². The Labute approximate surface area is 142 Å². The van der Waals surface area contributed by atoms with Gasteiger partial charge in [-0.3, -0.25) is 4.99 Å². The largest absolute Gasteiger partial charge is 0.360 e. The third-order valence-corrected chi connectivity index (χ3v) is 7.25. The van der Waals surface area contributed by atoms with E-state index in [1.165, 1.54) is 5.00 Å². The molecule has 0 spiro atoms. The van der Waals surface area contributed by atoms with Gasteiger partial charge in [-0.1, -0.05) is 0 Å². The van der Waals surface area contributed by atoms with Crippen LogP contribution in [-0.2, 0) is 9.84 Å². The molecule has 1 N–H and O–H groups in total. The molecule has 2 aliphatic heterocycles. The number of thiophene rings is 1. The molecule has 2 saturated heterocycles. The van der Waals surface area contributed by atoms with Crippen molar-refractivity contribution < 1.29 is 8.42 Å². The Morgan fingerprint density at radius 2 is 2.17 bits per heavy atom. The smallest absolute Gasteiger partial charge is 0.193 e. The summed E-state index contributed by atoms with van der Waals surface area (Å²) in [5, 5.41) is 6.80. The molecule has 3 rings (SSSR count). The molecule has 0 amide bonds. The Kier molecular flexibility index (Phi) is 5.11. The zero-order valence-corrected chi connectivity index (χ0v) is 15.1. The van der Waals surface area contributed by atoms with E-state index in [4.69, 9.17) is 0 Å². The van der Waals surface area contributed by atoms with E-state index in [1.807, 2.05) is 0 Å². The van der Waals surface area contributed by atoms with E-state index >= 15 is 0 Å². The number of rotatable bonds is 3. The van der Waals surface area contributed by atoms with E-state index in [-0.39, 0.29) is 5.92 Å². The second-order valence-electron chi connectivity index (χ2n) is 6.12. The summed E-state index contributed by atoms with van der Waals surface area (Å²) in [5.41, 5.74) is 0. The second kappa shape index (κ2) is 7.09.